The van der Waals surface area contributed by atoms with Crippen molar-refractivity contribution < 1.29 is 19.1 Å². The normalized spacial score (nSPS) is 13.1. The molecule has 1 fully saturated rings. The summed E-state index contributed by atoms with van der Waals surface area (Å²) < 4.78 is 12.6. The Morgan fingerprint density at radius 1 is 0.857 bits per heavy atom. The SMILES string of the molecule is CCOc1ccc(-n2c(CNC(=O)c3ccc(OC)cc3)nnc2SCC(=O)N2CCN(c3ccccc3)CC2)cc1. The first kappa shape index (κ1) is 29.0. The van der Waals surface area contributed by atoms with Gasteiger partial charge in [0.2, 0.25) is 5.91 Å². The summed E-state index contributed by atoms with van der Waals surface area (Å²) in [6.45, 7) is 5.58. The lowest BCUT2D eigenvalue weighted by atomic mass is 10.2. The lowest BCUT2D eigenvalue weighted by Gasteiger charge is -2.36. The molecular weight excluding hydrogens is 552 g/mol. The smallest absolute Gasteiger partial charge is 0.251 e. The van der Waals surface area contributed by atoms with E-state index < -0.39 is 0 Å². The lowest BCUT2D eigenvalue weighted by Crippen LogP contribution is -2.49. The van der Waals surface area contributed by atoms with Crippen LogP contribution in [-0.2, 0) is 11.3 Å². The molecule has 2 amide bonds. The number of anilines is 1. The van der Waals surface area contributed by atoms with Gasteiger partial charge in [-0.05, 0) is 67.6 Å². The number of methoxy groups -OCH3 is 1. The number of nitrogens with one attached hydrogen (secondary N) is 1. The Morgan fingerprint density at radius 3 is 2.21 bits per heavy atom. The molecule has 0 atom stereocenters. The molecule has 2 heterocycles. The maximum Gasteiger partial charge on any atom is 0.251 e. The van der Waals surface area contributed by atoms with Gasteiger partial charge in [-0.2, -0.15) is 0 Å². The van der Waals surface area contributed by atoms with E-state index in [-0.39, 0.29) is 24.1 Å². The molecule has 0 saturated carbocycles. The highest BCUT2D eigenvalue weighted by Gasteiger charge is 2.23. The van der Waals surface area contributed by atoms with Crippen molar-refractivity contribution in [3.63, 3.8) is 0 Å². The van der Waals surface area contributed by atoms with Gasteiger partial charge in [-0.25, -0.2) is 0 Å². The molecule has 0 aliphatic carbocycles. The van der Waals surface area contributed by atoms with Crippen LogP contribution in [0.4, 0.5) is 5.69 Å². The minimum atomic E-state index is -0.238. The summed E-state index contributed by atoms with van der Waals surface area (Å²) in [6.07, 6.45) is 0. The molecule has 1 N–H and O–H groups in total. The molecule has 3 aromatic carbocycles. The average Bonchev–Trinajstić information content (AvgIpc) is 3.46. The molecular formula is C31H34N6O4S. The van der Waals surface area contributed by atoms with Crippen molar-refractivity contribution in [2.24, 2.45) is 0 Å². The molecule has 1 aliphatic heterocycles. The van der Waals surface area contributed by atoms with Crippen molar-refractivity contribution in [1.82, 2.24) is 25.0 Å². The monoisotopic (exact) mass is 586 g/mol. The van der Waals surface area contributed by atoms with E-state index in [9.17, 15) is 9.59 Å². The summed E-state index contributed by atoms with van der Waals surface area (Å²) >= 11 is 1.34. The van der Waals surface area contributed by atoms with E-state index in [1.54, 1.807) is 31.4 Å². The molecule has 11 heteroatoms. The number of nitrogens with zero attached hydrogens (tertiary/aromatic N) is 5. The molecule has 5 rings (SSSR count). The van der Waals surface area contributed by atoms with Crippen LogP contribution < -0.4 is 19.7 Å². The fourth-order valence-corrected chi connectivity index (χ4v) is 5.57. The number of thioether (sulfide) groups is 1. The largest absolute Gasteiger partial charge is 0.497 e. The Morgan fingerprint density at radius 2 is 1.55 bits per heavy atom. The zero-order valence-electron chi connectivity index (χ0n) is 23.7. The minimum Gasteiger partial charge on any atom is -0.497 e. The third kappa shape index (κ3) is 7.03. The Bertz CT molecular complexity index is 1470. The van der Waals surface area contributed by atoms with Crippen LogP contribution in [0.25, 0.3) is 5.69 Å². The van der Waals surface area contributed by atoms with Gasteiger partial charge in [0.15, 0.2) is 11.0 Å². The summed E-state index contributed by atoms with van der Waals surface area (Å²) in [7, 11) is 1.58. The second-order valence-electron chi connectivity index (χ2n) is 9.56. The fraction of sp³-hybridized carbons (Fsp3) is 0.290. The highest BCUT2D eigenvalue weighted by atomic mass is 32.2. The van der Waals surface area contributed by atoms with Crippen LogP contribution in [0.2, 0.25) is 0 Å². The summed E-state index contributed by atoms with van der Waals surface area (Å²) in [5.74, 6) is 2.03. The summed E-state index contributed by atoms with van der Waals surface area (Å²) in [4.78, 5) is 30.2. The number of piperazine rings is 1. The summed E-state index contributed by atoms with van der Waals surface area (Å²) in [5.41, 5.74) is 2.49. The number of aromatic nitrogens is 3. The van der Waals surface area contributed by atoms with Crippen molar-refractivity contribution in [2.45, 2.75) is 18.6 Å². The first-order chi connectivity index (χ1) is 20.6. The molecule has 42 heavy (non-hydrogen) atoms. The van der Waals surface area contributed by atoms with Gasteiger partial charge in [0.1, 0.15) is 11.5 Å². The maximum atomic E-state index is 13.2. The van der Waals surface area contributed by atoms with E-state index in [0.29, 0.717) is 42.0 Å². The highest BCUT2D eigenvalue weighted by Crippen LogP contribution is 2.25. The van der Waals surface area contributed by atoms with E-state index in [1.807, 2.05) is 58.9 Å². The first-order valence-electron chi connectivity index (χ1n) is 13.9. The van der Waals surface area contributed by atoms with Crippen molar-refractivity contribution in [3.8, 4) is 17.2 Å². The predicted molar refractivity (Wildman–Crippen MR) is 163 cm³/mol. The third-order valence-corrected chi connectivity index (χ3v) is 7.86. The summed E-state index contributed by atoms with van der Waals surface area (Å²) in [5, 5.41) is 12.3. The third-order valence-electron chi connectivity index (χ3n) is 6.94. The Balaban J connectivity index is 1.26. The number of rotatable bonds is 11. The number of ether oxygens (including phenoxy) is 2. The van der Waals surface area contributed by atoms with Crippen molar-refractivity contribution in [2.75, 3.05) is 50.5 Å². The van der Waals surface area contributed by atoms with Gasteiger partial charge in [-0.1, -0.05) is 30.0 Å². The van der Waals surface area contributed by atoms with Crippen LogP contribution in [0.15, 0.2) is 84.0 Å². The number of benzene rings is 3. The van der Waals surface area contributed by atoms with Crippen LogP contribution >= 0.6 is 11.8 Å². The predicted octanol–water partition coefficient (Wildman–Crippen LogP) is 4.05. The molecule has 218 valence electrons. The second-order valence-corrected chi connectivity index (χ2v) is 10.5. The van der Waals surface area contributed by atoms with Gasteiger partial charge in [0.05, 0.1) is 26.0 Å². The van der Waals surface area contributed by atoms with Crippen LogP contribution in [0, 0.1) is 0 Å². The number of hydrogen-bond acceptors (Lipinski definition) is 8. The van der Waals surface area contributed by atoms with Gasteiger partial charge in [0.25, 0.3) is 5.91 Å². The van der Waals surface area contributed by atoms with Gasteiger partial charge >= 0.3 is 0 Å². The van der Waals surface area contributed by atoms with Crippen LogP contribution in [-0.4, -0.2) is 77.1 Å². The fourth-order valence-electron chi connectivity index (χ4n) is 4.70. The topological polar surface area (TPSA) is 102 Å². The number of para-hydroxylation sites is 1. The second kappa shape index (κ2) is 13.9. The molecule has 1 saturated heterocycles. The maximum absolute atomic E-state index is 13.2. The van der Waals surface area contributed by atoms with Gasteiger partial charge in [-0.3, -0.25) is 14.2 Å². The van der Waals surface area contributed by atoms with Crippen LogP contribution in [0.5, 0.6) is 11.5 Å². The molecule has 1 aromatic heterocycles. The molecule has 10 nitrogen and oxygen atoms in total. The molecule has 4 aromatic rings. The molecule has 0 spiro atoms. The van der Waals surface area contributed by atoms with E-state index >= 15 is 0 Å². The van der Waals surface area contributed by atoms with Gasteiger partial charge in [-0.15, -0.1) is 10.2 Å². The van der Waals surface area contributed by atoms with E-state index in [4.69, 9.17) is 9.47 Å². The Labute approximate surface area is 249 Å². The minimum absolute atomic E-state index is 0.0586. The number of amides is 2. The van der Waals surface area contributed by atoms with Gasteiger partial charge < -0.3 is 24.6 Å². The standard InChI is InChI=1S/C31H34N6O4S/c1-3-41-27-15-11-25(12-16-27)37-28(21-32-30(39)23-9-13-26(40-2)14-10-23)33-34-31(37)42-22-29(38)36-19-17-35(18-20-36)24-7-5-4-6-8-24/h4-16H,3,17-22H2,1-2H3,(H,32,39). The molecule has 0 bridgehead atoms. The quantitative estimate of drug-likeness (QED) is 0.263. The van der Waals surface area contributed by atoms with Crippen LogP contribution in [0.3, 0.4) is 0 Å². The first-order valence-corrected chi connectivity index (χ1v) is 14.8. The Kier molecular flexibility index (Phi) is 9.60. The van der Waals surface area contributed by atoms with E-state index in [1.165, 1.54) is 17.4 Å². The highest BCUT2D eigenvalue weighted by molar-refractivity contribution is 7.99. The van der Waals surface area contributed by atoms with Crippen molar-refractivity contribution >= 4 is 29.3 Å². The number of carbonyl (C=O) groups is 2. The zero-order chi connectivity index (χ0) is 29.3. The van der Waals surface area contributed by atoms with Gasteiger partial charge in [0, 0.05) is 43.1 Å². The molecule has 1 aliphatic rings. The summed E-state index contributed by atoms with van der Waals surface area (Å²) in [6, 6.07) is 24.7. The van der Waals surface area contributed by atoms with E-state index in [0.717, 1.165) is 24.5 Å². The average molecular weight is 587 g/mol. The zero-order valence-corrected chi connectivity index (χ0v) is 24.5. The van der Waals surface area contributed by atoms with E-state index in [2.05, 4.69) is 32.5 Å². The Hall–Kier alpha value is -4.51. The van der Waals surface area contributed by atoms with Crippen molar-refractivity contribution in [3.05, 3.63) is 90.3 Å². The van der Waals surface area contributed by atoms with Crippen LogP contribution in [0.1, 0.15) is 23.1 Å². The lowest BCUT2D eigenvalue weighted by molar-refractivity contribution is -0.128. The molecule has 0 radical (unpaired) electrons. The number of hydrogen-bond donors (Lipinski definition) is 1. The molecule has 0 unspecified atom stereocenters. The number of carbonyl (C=O) groups excluding carboxylic acids is 2. The van der Waals surface area contributed by atoms with Crippen molar-refractivity contribution in [1.29, 1.82) is 0 Å².